The smallest absolute Gasteiger partial charge is 0.415 e. The first kappa shape index (κ1) is 26.3. The molecule has 2 amide bonds. The molecule has 1 aromatic carbocycles. The van der Waals surface area contributed by atoms with E-state index in [9.17, 15) is 18.4 Å². The molecule has 0 unspecified atom stereocenters. The van der Waals surface area contributed by atoms with Crippen molar-refractivity contribution in [3.05, 3.63) is 53.4 Å². The monoisotopic (exact) mass is 521 g/mol. The maximum Gasteiger partial charge on any atom is 0.415 e. The number of anilines is 1. The Kier molecular flexibility index (Phi) is 7.09. The number of hydrogen-bond donors (Lipinski definition) is 2. The first-order valence-corrected chi connectivity index (χ1v) is 11.4. The largest absolute Gasteiger partial charge is 0.464 e. The SMILES string of the molecule is C[C@H]1OC[C@]2(c3cc(NC(=O)c4cnc(C(F)F)cn4)ccc3F)N=C(NC(=O)OC(C)(C)C)OC[C@H]12. The molecular formula is C24H26F3N5O5. The third-order valence-electron chi connectivity index (χ3n) is 5.87. The second-order valence-electron chi connectivity index (χ2n) is 9.68. The molecule has 0 spiro atoms. The van der Waals surface area contributed by atoms with Gasteiger partial charge in [0.15, 0.2) is 0 Å². The molecule has 4 rings (SSSR count). The number of aliphatic imine (C=N–C) groups is 1. The predicted octanol–water partition coefficient (Wildman–Crippen LogP) is 3.95. The van der Waals surface area contributed by atoms with E-state index in [0.29, 0.717) is 0 Å². The Balaban J connectivity index is 1.63. The molecule has 3 atom stereocenters. The minimum atomic E-state index is -2.82. The van der Waals surface area contributed by atoms with E-state index >= 15 is 4.39 Å². The molecule has 2 N–H and O–H groups in total. The number of halogens is 3. The fourth-order valence-corrected chi connectivity index (χ4v) is 4.13. The average Bonchev–Trinajstić information content (AvgIpc) is 3.15. The van der Waals surface area contributed by atoms with Crippen molar-refractivity contribution in [1.29, 1.82) is 0 Å². The minimum absolute atomic E-state index is 0.00340. The van der Waals surface area contributed by atoms with Crippen LogP contribution in [0.15, 0.2) is 35.6 Å². The number of alkyl carbamates (subject to hydrolysis) is 1. The molecule has 1 aromatic heterocycles. The highest BCUT2D eigenvalue weighted by molar-refractivity contribution is 6.02. The van der Waals surface area contributed by atoms with E-state index in [-0.39, 0.29) is 42.3 Å². The highest BCUT2D eigenvalue weighted by Gasteiger charge is 2.54. The number of rotatable bonds is 4. The number of carbonyl (C=O) groups excluding carboxylic acids is 2. The van der Waals surface area contributed by atoms with Gasteiger partial charge in [-0.05, 0) is 45.9 Å². The molecule has 0 saturated carbocycles. The van der Waals surface area contributed by atoms with Crippen molar-refractivity contribution in [2.45, 2.75) is 51.4 Å². The summed E-state index contributed by atoms with van der Waals surface area (Å²) in [6.45, 7) is 6.99. The summed E-state index contributed by atoms with van der Waals surface area (Å²) in [7, 11) is 0. The number of alkyl halides is 2. The van der Waals surface area contributed by atoms with Crippen molar-refractivity contribution in [2.24, 2.45) is 10.9 Å². The van der Waals surface area contributed by atoms with Crippen LogP contribution in [-0.4, -0.2) is 52.9 Å². The van der Waals surface area contributed by atoms with Crippen molar-refractivity contribution in [1.82, 2.24) is 15.3 Å². The summed E-state index contributed by atoms with van der Waals surface area (Å²) in [4.78, 5) is 36.6. The van der Waals surface area contributed by atoms with Gasteiger partial charge in [0.25, 0.3) is 18.4 Å². The molecule has 1 saturated heterocycles. The Hall–Kier alpha value is -3.74. The molecule has 0 radical (unpaired) electrons. The lowest BCUT2D eigenvalue weighted by atomic mass is 9.78. The Bertz CT molecular complexity index is 1220. The normalized spacial score (nSPS) is 23.1. The lowest BCUT2D eigenvalue weighted by molar-refractivity contribution is 0.0524. The van der Waals surface area contributed by atoms with Crippen LogP contribution >= 0.6 is 0 Å². The van der Waals surface area contributed by atoms with Crippen LogP contribution in [0.4, 0.5) is 23.7 Å². The first-order valence-electron chi connectivity index (χ1n) is 11.4. The predicted molar refractivity (Wildman–Crippen MR) is 125 cm³/mol. The number of aromatic nitrogens is 2. The van der Waals surface area contributed by atoms with Crippen molar-refractivity contribution < 1.29 is 37.0 Å². The van der Waals surface area contributed by atoms with Crippen LogP contribution in [-0.2, 0) is 19.7 Å². The molecule has 2 aliphatic heterocycles. The highest BCUT2D eigenvalue weighted by Crippen LogP contribution is 2.46. The molecule has 2 aromatic rings. The fraction of sp³-hybridized carbons (Fsp3) is 0.458. The van der Waals surface area contributed by atoms with Crippen LogP contribution in [0.1, 0.15) is 55.9 Å². The maximum absolute atomic E-state index is 15.2. The minimum Gasteiger partial charge on any atom is -0.464 e. The summed E-state index contributed by atoms with van der Waals surface area (Å²) in [5, 5.41) is 5.01. The average molecular weight is 521 g/mol. The zero-order chi connectivity index (χ0) is 27.0. The second-order valence-corrected chi connectivity index (χ2v) is 9.68. The Morgan fingerprint density at radius 3 is 2.59 bits per heavy atom. The fourth-order valence-electron chi connectivity index (χ4n) is 4.13. The zero-order valence-electron chi connectivity index (χ0n) is 20.5. The van der Waals surface area contributed by atoms with Crippen molar-refractivity contribution in [2.75, 3.05) is 18.5 Å². The standard InChI is InChI=1S/C24H26F3N5O5/c1-12-15-10-35-21(31-22(34)37-23(2,3)4)32-24(15,11-36-12)14-7-13(5-6-16(14)25)30-20(33)18-9-28-17(8-29-18)19(26)27/h5-9,12,15,19H,10-11H2,1-4H3,(H,30,33)(H,31,32,34)/t12-,15-,24-/m1/s1. The molecule has 198 valence electrons. The van der Waals surface area contributed by atoms with Crippen LogP contribution in [0.3, 0.4) is 0 Å². The molecular weight excluding hydrogens is 495 g/mol. The number of amides is 2. The summed E-state index contributed by atoms with van der Waals surface area (Å²) in [6.07, 6.45) is -2.20. The highest BCUT2D eigenvalue weighted by atomic mass is 19.3. The van der Waals surface area contributed by atoms with Gasteiger partial charge in [-0.25, -0.2) is 33.3 Å². The summed E-state index contributed by atoms with van der Waals surface area (Å²) >= 11 is 0. The van der Waals surface area contributed by atoms with Crippen molar-refractivity contribution in [3.8, 4) is 0 Å². The molecule has 10 nitrogen and oxygen atoms in total. The number of amidine groups is 1. The Labute approximate surface area is 210 Å². The summed E-state index contributed by atoms with van der Waals surface area (Å²) < 4.78 is 57.3. The number of hydrogen-bond acceptors (Lipinski definition) is 8. The first-order chi connectivity index (χ1) is 17.4. The number of nitrogens with zero attached hydrogens (tertiary/aromatic N) is 3. The van der Waals surface area contributed by atoms with Crippen LogP contribution in [0.5, 0.6) is 0 Å². The van der Waals surface area contributed by atoms with Crippen LogP contribution in [0.2, 0.25) is 0 Å². The van der Waals surface area contributed by atoms with Crippen LogP contribution < -0.4 is 10.6 Å². The van der Waals surface area contributed by atoms with Crippen molar-refractivity contribution in [3.63, 3.8) is 0 Å². The quantitative estimate of drug-likeness (QED) is 0.625. The molecule has 37 heavy (non-hydrogen) atoms. The van der Waals surface area contributed by atoms with E-state index in [1.807, 2.05) is 6.92 Å². The number of fused-ring (bicyclic) bond motifs is 1. The van der Waals surface area contributed by atoms with Gasteiger partial charge in [-0.1, -0.05) is 0 Å². The molecule has 0 bridgehead atoms. The van der Waals surface area contributed by atoms with Gasteiger partial charge in [0.1, 0.15) is 28.3 Å². The van der Waals surface area contributed by atoms with Gasteiger partial charge < -0.3 is 19.5 Å². The number of carbonyl (C=O) groups is 2. The van der Waals surface area contributed by atoms with Gasteiger partial charge in [-0.3, -0.25) is 9.78 Å². The van der Waals surface area contributed by atoms with E-state index in [1.54, 1.807) is 20.8 Å². The van der Waals surface area contributed by atoms with E-state index in [4.69, 9.17) is 14.2 Å². The third-order valence-corrected chi connectivity index (χ3v) is 5.87. The van der Waals surface area contributed by atoms with Crippen LogP contribution in [0.25, 0.3) is 0 Å². The van der Waals surface area contributed by atoms with E-state index in [0.717, 1.165) is 18.5 Å². The van der Waals surface area contributed by atoms with Gasteiger partial charge in [-0.15, -0.1) is 0 Å². The molecule has 1 fully saturated rings. The Morgan fingerprint density at radius 1 is 1.19 bits per heavy atom. The van der Waals surface area contributed by atoms with E-state index in [1.165, 1.54) is 12.1 Å². The Morgan fingerprint density at radius 2 is 1.95 bits per heavy atom. The second kappa shape index (κ2) is 9.96. The lowest BCUT2D eigenvalue weighted by Gasteiger charge is -2.36. The summed E-state index contributed by atoms with van der Waals surface area (Å²) in [6, 6.07) is 3.76. The van der Waals surface area contributed by atoms with E-state index in [2.05, 4.69) is 25.6 Å². The lowest BCUT2D eigenvalue weighted by Crippen LogP contribution is -2.48. The summed E-state index contributed by atoms with van der Waals surface area (Å²) in [5.74, 6) is -1.73. The summed E-state index contributed by atoms with van der Waals surface area (Å²) in [5.41, 5.74) is -2.45. The van der Waals surface area contributed by atoms with Gasteiger partial charge in [0.2, 0.25) is 0 Å². The number of benzene rings is 1. The van der Waals surface area contributed by atoms with Gasteiger partial charge in [-0.2, -0.15) is 0 Å². The molecule has 13 heteroatoms. The zero-order valence-corrected chi connectivity index (χ0v) is 20.5. The van der Waals surface area contributed by atoms with Crippen molar-refractivity contribution >= 4 is 23.7 Å². The van der Waals surface area contributed by atoms with E-state index < -0.39 is 47.0 Å². The van der Waals surface area contributed by atoms with Gasteiger partial charge >= 0.3 is 6.09 Å². The molecule has 3 heterocycles. The molecule has 0 aliphatic carbocycles. The third kappa shape index (κ3) is 5.66. The number of ether oxygens (including phenoxy) is 3. The van der Waals surface area contributed by atoms with Gasteiger partial charge in [0.05, 0.1) is 37.6 Å². The molecule has 2 aliphatic rings. The maximum atomic E-state index is 15.2. The number of nitrogens with one attached hydrogen (secondary N) is 2. The van der Waals surface area contributed by atoms with Crippen LogP contribution in [0, 0.1) is 11.7 Å². The van der Waals surface area contributed by atoms with Gasteiger partial charge in [0, 0.05) is 11.3 Å². The topological polar surface area (TPSA) is 124 Å².